The molecule has 29 heavy (non-hydrogen) atoms. The molecule has 0 heterocycles. The Hall–Kier alpha value is -1.12. The molecule has 6 atom stereocenters. The molecule has 0 saturated heterocycles. The van der Waals surface area contributed by atoms with Gasteiger partial charge in [-0.2, -0.15) is 0 Å². The number of hydrogen-bond donors (Lipinski definition) is 0. The largest absolute Gasteiger partial charge is 0.462 e. The number of ether oxygens (including phenoxy) is 1. The van der Waals surface area contributed by atoms with Gasteiger partial charge in [-0.25, -0.2) is 0 Å². The maximum Gasteiger partial charge on any atom is 0.309 e. The van der Waals surface area contributed by atoms with Crippen molar-refractivity contribution in [2.45, 2.75) is 103 Å². The SMILES string of the molecule is C[C@@]12CC[C@@H]3[C@H](CCC4=CC(=O)CC[C@]43C)[C@H]1CC[C@H]2OC(=O)C1CCCCC1. The average Bonchev–Trinajstić information content (AvgIpc) is 3.05. The predicted octanol–water partition coefficient (Wildman–Crippen LogP) is 6.01. The average molecular weight is 399 g/mol. The summed E-state index contributed by atoms with van der Waals surface area (Å²) >= 11 is 0. The van der Waals surface area contributed by atoms with Crippen LogP contribution in [0.15, 0.2) is 11.6 Å². The summed E-state index contributed by atoms with van der Waals surface area (Å²) in [6.45, 7) is 4.87. The highest BCUT2D eigenvalue weighted by molar-refractivity contribution is 5.91. The van der Waals surface area contributed by atoms with Gasteiger partial charge in [0.15, 0.2) is 5.78 Å². The van der Waals surface area contributed by atoms with Crippen LogP contribution in [0.4, 0.5) is 0 Å². The van der Waals surface area contributed by atoms with E-state index in [1.807, 2.05) is 6.08 Å². The van der Waals surface area contributed by atoms with Crippen molar-refractivity contribution < 1.29 is 14.3 Å². The van der Waals surface area contributed by atoms with Crippen LogP contribution in [-0.4, -0.2) is 17.9 Å². The second kappa shape index (κ2) is 7.24. The highest BCUT2D eigenvalue weighted by Gasteiger charge is 2.60. The molecule has 0 aliphatic heterocycles. The van der Waals surface area contributed by atoms with E-state index in [1.54, 1.807) is 0 Å². The van der Waals surface area contributed by atoms with Crippen LogP contribution in [0.3, 0.4) is 0 Å². The third kappa shape index (κ3) is 3.13. The van der Waals surface area contributed by atoms with Crippen molar-refractivity contribution >= 4 is 11.8 Å². The Labute approximate surface area is 176 Å². The first kappa shape index (κ1) is 19.8. The van der Waals surface area contributed by atoms with Gasteiger partial charge in [-0.1, -0.05) is 38.7 Å². The van der Waals surface area contributed by atoms with Crippen LogP contribution < -0.4 is 0 Å². The topological polar surface area (TPSA) is 43.4 Å². The summed E-state index contributed by atoms with van der Waals surface area (Å²) in [5, 5.41) is 0. The number of fused-ring (bicyclic) bond motifs is 5. The van der Waals surface area contributed by atoms with Gasteiger partial charge < -0.3 is 4.74 Å². The van der Waals surface area contributed by atoms with Crippen molar-refractivity contribution in [2.75, 3.05) is 0 Å². The number of carbonyl (C=O) groups is 2. The molecule has 0 bridgehead atoms. The monoisotopic (exact) mass is 398 g/mol. The predicted molar refractivity (Wildman–Crippen MR) is 113 cm³/mol. The molecule has 5 aliphatic carbocycles. The quantitative estimate of drug-likeness (QED) is 0.535. The van der Waals surface area contributed by atoms with E-state index in [9.17, 15) is 9.59 Å². The van der Waals surface area contributed by atoms with Crippen LogP contribution in [0.25, 0.3) is 0 Å². The maximum atomic E-state index is 12.9. The van der Waals surface area contributed by atoms with Gasteiger partial charge in [0.1, 0.15) is 6.10 Å². The normalized spacial score (nSPS) is 45.0. The summed E-state index contributed by atoms with van der Waals surface area (Å²) in [6.07, 6.45) is 16.6. The third-order valence-corrected chi connectivity index (χ3v) is 10.1. The van der Waals surface area contributed by atoms with Crippen molar-refractivity contribution in [1.29, 1.82) is 0 Å². The van der Waals surface area contributed by atoms with Crippen molar-refractivity contribution in [2.24, 2.45) is 34.5 Å². The van der Waals surface area contributed by atoms with E-state index in [4.69, 9.17) is 4.74 Å². The molecule has 0 amide bonds. The lowest BCUT2D eigenvalue weighted by Crippen LogP contribution is -2.51. The van der Waals surface area contributed by atoms with Crippen molar-refractivity contribution in [1.82, 2.24) is 0 Å². The molecule has 0 radical (unpaired) electrons. The van der Waals surface area contributed by atoms with Crippen molar-refractivity contribution in [3.05, 3.63) is 11.6 Å². The zero-order valence-corrected chi connectivity index (χ0v) is 18.4. The van der Waals surface area contributed by atoms with Gasteiger partial charge in [0.25, 0.3) is 0 Å². The number of esters is 1. The van der Waals surface area contributed by atoms with Crippen LogP contribution >= 0.6 is 0 Å². The molecule has 0 aromatic heterocycles. The van der Waals surface area contributed by atoms with Gasteiger partial charge in [-0.3, -0.25) is 9.59 Å². The third-order valence-electron chi connectivity index (χ3n) is 10.1. The minimum Gasteiger partial charge on any atom is -0.462 e. The van der Waals surface area contributed by atoms with Gasteiger partial charge in [0.05, 0.1) is 5.92 Å². The van der Waals surface area contributed by atoms with E-state index in [0.717, 1.165) is 44.4 Å². The van der Waals surface area contributed by atoms with Gasteiger partial charge in [-0.05, 0) is 87.0 Å². The lowest BCUT2D eigenvalue weighted by molar-refractivity contribution is -0.165. The first-order chi connectivity index (χ1) is 13.9. The Morgan fingerprint density at radius 2 is 1.72 bits per heavy atom. The van der Waals surface area contributed by atoms with Gasteiger partial charge in [0.2, 0.25) is 0 Å². The Morgan fingerprint density at radius 3 is 2.52 bits per heavy atom. The second-order valence-corrected chi connectivity index (χ2v) is 11.4. The minimum absolute atomic E-state index is 0.102. The fourth-order valence-electron chi connectivity index (χ4n) is 8.28. The Morgan fingerprint density at radius 1 is 0.931 bits per heavy atom. The summed E-state index contributed by atoms with van der Waals surface area (Å²) in [6, 6.07) is 0. The summed E-state index contributed by atoms with van der Waals surface area (Å²) < 4.78 is 6.25. The van der Waals surface area contributed by atoms with Crippen LogP contribution in [0.5, 0.6) is 0 Å². The minimum atomic E-state index is 0.102. The van der Waals surface area contributed by atoms with E-state index in [-0.39, 0.29) is 28.8 Å². The Balaban J connectivity index is 1.32. The molecular weight excluding hydrogens is 360 g/mol. The molecule has 4 saturated carbocycles. The molecule has 5 aliphatic rings. The molecule has 4 fully saturated rings. The molecule has 5 rings (SSSR count). The number of ketones is 1. The summed E-state index contributed by atoms with van der Waals surface area (Å²) in [5.74, 6) is 2.73. The molecule has 0 aromatic carbocycles. The second-order valence-electron chi connectivity index (χ2n) is 11.4. The van der Waals surface area contributed by atoms with Gasteiger partial charge >= 0.3 is 5.97 Å². The smallest absolute Gasteiger partial charge is 0.309 e. The van der Waals surface area contributed by atoms with Crippen LogP contribution in [0.2, 0.25) is 0 Å². The molecule has 3 nitrogen and oxygen atoms in total. The number of allylic oxidation sites excluding steroid dienone is 1. The zero-order valence-electron chi connectivity index (χ0n) is 18.4. The van der Waals surface area contributed by atoms with Crippen LogP contribution in [0.1, 0.15) is 97.3 Å². The van der Waals surface area contributed by atoms with Gasteiger partial charge in [-0.15, -0.1) is 0 Å². The highest BCUT2D eigenvalue weighted by Crippen LogP contribution is 2.65. The molecule has 0 N–H and O–H groups in total. The maximum absolute atomic E-state index is 12.9. The first-order valence-corrected chi connectivity index (χ1v) is 12.4. The first-order valence-electron chi connectivity index (χ1n) is 12.4. The fourth-order valence-corrected chi connectivity index (χ4v) is 8.28. The Kier molecular flexibility index (Phi) is 4.95. The van der Waals surface area contributed by atoms with E-state index >= 15 is 0 Å². The number of carbonyl (C=O) groups excluding carboxylic acids is 2. The van der Waals surface area contributed by atoms with E-state index in [2.05, 4.69) is 13.8 Å². The van der Waals surface area contributed by atoms with Crippen molar-refractivity contribution in [3.63, 3.8) is 0 Å². The number of rotatable bonds is 2. The van der Waals surface area contributed by atoms with Crippen LogP contribution in [-0.2, 0) is 14.3 Å². The molecule has 0 aromatic rings. The summed E-state index contributed by atoms with van der Waals surface area (Å²) in [4.78, 5) is 24.9. The molecule has 3 heteroatoms. The zero-order chi connectivity index (χ0) is 20.2. The van der Waals surface area contributed by atoms with E-state index in [0.29, 0.717) is 17.6 Å². The Bertz CT molecular complexity index is 717. The molecule has 0 spiro atoms. The fraction of sp³-hybridized carbons (Fsp3) is 0.846. The molecule has 160 valence electrons. The lowest BCUT2D eigenvalue weighted by atomic mass is 9.47. The summed E-state index contributed by atoms with van der Waals surface area (Å²) in [7, 11) is 0. The highest BCUT2D eigenvalue weighted by atomic mass is 16.5. The van der Waals surface area contributed by atoms with E-state index in [1.165, 1.54) is 50.5 Å². The lowest BCUT2D eigenvalue weighted by Gasteiger charge is -2.57. The van der Waals surface area contributed by atoms with Crippen LogP contribution in [0, 0.1) is 34.5 Å². The van der Waals surface area contributed by atoms with Crippen molar-refractivity contribution in [3.8, 4) is 0 Å². The van der Waals surface area contributed by atoms with E-state index < -0.39 is 0 Å². The molecular formula is C26H38O3. The number of hydrogen-bond acceptors (Lipinski definition) is 3. The van der Waals surface area contributed by atoms with Gasteiger partial charge in [0, 0.05) is 11.8 Å². The summed E-state index contributed by atoms with van der Waals surface area (Å²) in [5.41, 5.74) is 1.83. The standard InChI is InChI=1S/C26H38O3/c1-25-14-12-19(27)16-18(25)8-9-20-21-10-11-23(26(21,2)15-13-22(20)25)29-24(28)17-6-4-3-5-7-17/h16-17,20-23H,3-15H2,1-2H3/t20-,21-,22-,23-,25-,26-/m1/s1. The molecule has 0 unspecified atom stereocenters.